The Bertz CT molecular complexity index is 1120. The molecule has 0 aliphatic carbocycles. The summed E-state index contributed by atoms with van der Waals surface area (Å²) in [5, 5.41) is 8.78. The zero-order valence-electron chi connectivity index (χ0n) is 20.0. The van der Waals surface area contributed by atoms with Crippen LogP contribution in [-0.4, -0.2) is 70.6 Å². The van der Waals surface area contributed by atoms with Gasteiger partial charge in [-0.3, -0.25) is 9.59 Å². The summed E-state index contributed by atoms with van der Waals surface area (Å²) in [6, 6.07) is 21.4. The molecule has 1 saturated heterocycles. The number of carbonyl (C=O) groups excluding carboxylic acids is 2. The first-order valence-corrected chi connectivity index (χ1v) is 11.7. The van der Waals surface area contributed by atoms with Crippen molar-refractivity contribution < 1.29 is 9.59 Å². The van der Waals surface area contributed by atoms with Crippen LogP contribution in [0.5, 0.6) is 0 Å². The van der Waals surface area contributed by atoms with Crippen LogP contribution < -0.4 is 4.90 Å². The third-order valence-electron chi connectivity index (χ3n) is 6.24. The van der Waals surface area contributed by atoms with Crippen molar-refractivity contribution in [3.8, 4) is 11.3 Å². The quantitative estimate of drug-likeness (QED) is 0.565. The number of hydrogen-bond acceptors (Lipinski definition) is 5. The molecule has 4 rings (SSSR count). The molecule has 34 heavy (non-hydrogen) atoms. The zero-order chi connectivity index (χ0) is 24.1. The first-order chi connectivity index (χ1) is 16.4. The normalized spacial score (nSPS) is 13.8. The van der Waals surface area contributed by atoms with Crippen LogP contribution in [0.3, 0.4) is 0 Å². The molecule has 0 saturated carbocycles. The smallest absolute Gasteiger partial charge is 0.254 e. The molecule has 2 heterocycles. The van der Waals surface area contributed by atoms with E-state index in [-0.39, 0.29) is 24.4 Å². The number of amides is 2. The van der Waals surface area contributed by atoms with Crippen LogP contribution >= 0.6 is 0 Å². The molecule has 2 amide bonds. The second-order valence-electron chi connectivity index (χ2n) is 8.85. The summed E-state index contributed by atoms with van der Waals surface area (Å²) >= 11 is 0. The van der Waals surface area contributed by atoms with Gasteiger partial charge in [0.05, 0.1) is 5.69 Å². The summed E-state index contributed by atoms with van der Waals surface area (Å²) in [7, 11) is 0. The van der Waals surface area contributed by atoms with Crippen molar-refractivity contribution in [2.24, 2.45) is 0 Å². The van der Waals surface area contributed by atoms with Crippen LogP contribution in [0.25, 0.3) is 11.3 Å². The second-order valence-corrected chi connectivity index (χ2v) is 8.85. The number of aryl methyl sites for hydroxylation is 1. The van der Waals surface area contributed by atoms with Gasteiger partial charge in [0.25, 0.3) is 5.91 Å². The van der Waals surface area contributed by atoms with E-state index < -0.39 is 0 Å². The fourth-order valence-electron chi connectivity index (χ4n) is 4.14. The number of anilines is 1. The Morgan fingerprint density at radius 1 is 0.882 bits per heavy atom. The van der Waals surface area contributed by atoms with E-state index in [1.165, 1.54) is 0 Å². The Hall–Kier alpha value is -3.74. The Kier molecular flexibility index (Phi) is 7.21. The number of nitrogens with zero attached hydrogens (tertiary/aromatic N) is 5. The highest BCUT2D eigenvalue weighted by Crippen LogP contribution is 2.19. The fraction of sp³-hybridized carbons (Fsp3) is 0.333. The number of carbonyl (C=O) groups is 2. The number of piperazine rings is 1. The van der Waals surface area contributed by atoms with Gasteiger partial charge in [-0.15, -0.1) is 10.2 Å². The van der Waals surface area contributed by atoms with Crippen molar-refractivity contribution in [2.45, 2.75) is 26.8 Å². The summed E-state index contributed by atoms with van der Waals surface area (Å²) in [4.78, 5) is 31.8. The molecule has 0 atom stereocenters. The van der Waals surface area contributed by atoms with Crippen molar-refractivity contribution in [2.75, 3.05) is 37.6 Å². The van der Waals surface area contributed by atoms with Gasteiger partial charge in [-0.05, 0) is 44.5 Å². The van der Waals surface area contributed by atoms with E-state index in [9.17, 15) is 9.59 Å². The summed E-state index contributed by atoms with van der Waals surface area (Å²) < 4.78 is 0. The minimum Gasteiger partial charge on any atom is -0.352 e. The van der Waals surface area contributed by atoms with Crippen molar-refractivity contribution in [1.82, 2.24) is 20.0 Å². The monoisotopic (exact) mass is 457 g/mol. The lowest BCUT2D eigenvalue weighted by Crippen LogP contribution is -2.53. The molecule has 0 bridgehead atoms. The van der Waals surface area contributed by atoms with Gasteiger partial charge >= 0.3 is 0 Å². The third-order valence-corrected chi connectivity index (χ3v) is 6.24. The second kappa shape index (κ2) is 10.5. The van der Waals surface area contributed by atoms with Crippen LogP contribution in [0.15, 0.2) is 66.7 Å². The van der Waals surface area contributed by atoms with E-state index in [4.69, 9.17) is 0 Å². The molecular formula is C27H31N5O2. The highest BCUT2D eigenvalue weighted by Gasteiger charge is 2.27. The first-order valence-electron chi connectivity index (χ1n) is 11.7. The van der Waals surface area contributed by atoms with Gasteiger partial charge in [-0.25, -0.2) is 0 Å². The molecule has 0 unspecified atom stereocenters. The molecule has 1 fully saturated rings. The minimum absolute atomic E-state index is 0.0270. The topological polar surface area (TPSA) is 69.6 Å². The molecule has 7 heteroatoms. The van der Waals surface area contributed by atoms with Gasteiger partial charge < -0.3 is 14.7 Å². The van der Waals surface area contributed by atoms with E-state index in [0.717, 1.165) is 22.6 Å². The molecule has 1 aliphatic rings. The van der Waals surface area contributed by atoms with Crippen molar-refractivity contribution in [3.63, 3.8) is 0 Å². The number of aromatic nitrogens is 2. The summed E-state index contributed by atoms with van der Waals surface area (Å²) in [5.74, 6) is 0.681. The van der Waals surface area contributed by atoms with Gasteiger partial charge in [0, 0.05) is 43.3 Å². The average molecular weight is 458 g/mol. The van der Waals surface area contributed by atoms with Crippen LogP contribution in [0.1, 0.15) is 29.8 Å². The molecule has 0 radical (unpaired) electrons. The predicted octanol–water partition coefficient (Wildman–Crippen LogP) is 3.65. The van der Waals surface area contributed by atoms with Crippen LogP contribution in [0.2, 0.25) is 0 Å². The summed E-state index contributed by atoms with van der Waals surface area (Å²) in [5.41, 5.74) is 3.43. The maximum absolute atomic E-state index is 13.1. The molecule has 2 aromatic carbocycles. The van der Waals surface area contributed by atoms with E-state index in [1.54, 1.807) is 4.90 Å². The van der Waals surface area contributed by atoms with E-state index >= 15 is 0 Å². The third kappa shape index (κ3) is 5.25. The van der Waals surface area contributed by atoms with Gasteiger partial charge in [0.15, 0.2) is 5.82 Å². The van der Waals surface area contributed by atoms with E-state index in [0.29, 0.717) is 31.7 Å². The molecule has 7 nitrogen and oxygen atoms in total. The maximum atomic E-state index is 13.1. The maximum Gasteiger partial charge on any atom is 0.254 e. The number of benzene rings is 2. The lowest BCUT2D eigenvalue weighted by Gasteiger charge is -2.37. The molecule has 1 aromatic heterocycles. The Labute approximate surface area is 201 Å². The predicted molar refractivity (Wildman–Crippen MR) is 134 cm³/mol. The van der Waals surface area contributed by atoms with E-state index in [2.05, 4.69) is 15.1 Å². The number of hydrogen-bond donors (Lipinski definition) is 0. The van der Waals surface area contributed by atoms with Crippen LogP contribution in [-0.2, 0) is 4.79 Å². The lowest BCUT2D eigenvalue weighted by molar-refractivity contribution is -0.132. The van der Waals surface area contributed by atoms with Crippen LogP contribution in [0, 0.1) is 6.92 Å². The highest BCUT2D eigenvalue weighted by molar-refractivity contribution is 5.97. The van der Waals surface area contributed by atoms with Gasteiger partial charge in [-0.2, -0.15) is 0 Å². The average Bonchev–Trinajstić information content (AvgIpc) is 2.87. The standard InChI is InChI=1S/C27H31N5O2/c1-20(2)32(27(34)23-12-8-7-9-21(23)3)19-26(33)31-17-15-30(16-18-31)25-14-13-24(28-29-25)22-10-5-4-6-11-22/h4-14,20H,15-19H2,1-3H3. The first kappa shape index (κ1) is 23.4. The minimum atomic E-state index is -0.103. The molecule has 0 N–H and O–H groups in total. The van der Waals surface area contributed by atoms with Crippen molar-refractivity contribution in [1.29, 1.82) is 0 Å². The molecule has 176 valence electrons. The fourth-order valence-corrected chi connectivity index (χ4v) is 4.14. The molecular weight excluding hydrogens is 426 g/mol. The number of rotatable bonds is 6. The highest BCUT2D eigenvalue weighted by atomic mass is 16.2. The largest absolute Gasteiger partial charge is 0.352 e. The summed E-state index contributed by atoms with van der Waals surface area (Å²) in [6.45, 7) is 8.42. The lowest BCUT2D eigenvalue weighted by atomic mass is 10.1. The van der Waals surface area contributed by atoms with Gasteiger partial charge in [0.1, 0.15) is 6.54 Å². The van der Waals surface area contributed by atoms with E-state index in [1.807, 2.05) is 92.4 Å². The van der Waals surface area contributed by atoms with Gasteiger partial charge in [-0.1, -0.05) is 48.5 Å². The van der Waals surface area contributed by atoms with Crippen molar-refractivity contribution >= 4 is 17.6 Å². The Morgan fingerprint density at radius 2 is 1.56 bits per heavy atom. The van der Waals surface area contributed by atoms with Gasteiger partial charge in [0.2, 0.25) is 5.91 Å². The Balaban J connectivity index is 1.35. The molecule has 3 aromatic rings. The van der Waals surface area contributed by atoms with Crippen molar-refractivity contribution in [3.05, 3.63) is 77.9 Å². The summed E-state index contributed by atoms with van der Waals surface area (Å²) in [6.07, 6.45) is 0. The SMILES string of the molecule is Cc1ccccc1C(=O)N(CC(=O)N1CCN(c2ccc(-c3ccccc3)nn2)CC1)C(C)C. The molecule has 1 aliphatic heterocycles. The van der Waals surface area contributed by atoms with Crippen LogP contribution in [0.4, 0.5) is 5.82 Å². The zero-order valence-corrected chi connectivity index (χ0v) is 20.0. The molecule has 0 spiro atoms. The Morgan fingerprint density at radius 3 is 2.18 bits per heavy atom.